The summed E-state index contributed by atoms with van der Waals surface area (Å²) in [6.45, 7) is 7.09. The molecule has 0 radical (unpaired) electrons. The van der Waals surface area contributed by atoms with Crippen LogP contribution < -0.4 is 17.1 Å². The molecule has 1 unspecified atom stereocenters. The highest BCUT2D eigenvalue weighted by Crippen LogP contribution is 2.23. The number of benzene rings is 2. The molecule has 182 valence electrons. The van der Waals surface area contributed by atoms with Crippen molar-refractivity contribution < 1.29 is 20.1 Å². The van der Waals surface area contributed by atoms with Gasteiger partial charge in [-0.2, -0.15) is 0 Å². The monoisotopic (exact) mass is 466 g/mol. The van der Waals surface area contributed by atoms with E-state index < -0.39 is 6.10 Å². The van der Waals surface area contributed by atoms with E-state index in [1.807, 2.05) is 6.92 Å². The molecule has 2 rings (SSSR count). The van der Waals surface area contributed by atoms with E-state index in [-0.39, 0.29) is 24.8 Å². The highest BCUT2D eigenvalue weighted by Gasteiger charge is 2.11. The van der Waals surface area contributed by atoms with E-state index in [0.29, 0.717) is 23.1 Å². The number of nitrogens with one attached hydrogen (secondary N) is 1. The van der Waals surface area contributed by atoms with Gasteiger partial charge in [-0.1, -0.05) is 79.8 Å². The van der Waals surface area contributed by atoms with Crippen molar-refractivity contribution in [2.75, 3.05) is 6.61 Å². The SMILES string of the molecule is C=C(C)/C=C\C=C(/CO)C(=O)CC.NN/N=C(\N)c1cccc(C(O)c2ccc(CO)cc2)c1. The highest BCUT2D eigenvalue weighted by molar-refractivity contribution is 5.97. The average Bonchev–Trinajstić information content (AvgIpc) is 2.86. The summed E-state index contributed by atoms with van der Waals surface area (Å²) >= 11 is 0. The van der Waals surface area contributed by atoms with Gasteiger partial charge in [-0.15, -0.1) is 5.10 Å². The first-order valence-electron chi connectivity index (χ1n) is 10.7. The number of aliphatic hydroxyl groups excluding tert-OH is 3. The van der Waals surface area contributed by atoms with Crippen LogP contribution in [0.3, 0.4) is 0 Å². The molecule has 0 amide bonds. The molecule has 2 aromatic carbocycles. The minimum Gasteiger partial charge on any atom is -0.392 e. The normalized spacial score (nSPS) is 12.6. The Kier molecular flexibility index (Phi) is 12.8. The zero-order valence-corrected chi connectivity index (χ0v) is 19.6. The first kappa shape index (κ1) is 28.5. The maximum atomic E-state index is 11.1. The smallest absolute Gasteiger partial charge is 0.160 e. The van der Waals surface area contributed by atoms with Crippen LogP contribution >= 0.6 is 0 Å². The number of carbonyl (C=O) groups excluding carboxylic acids is 1. The molecule has 1 atom stereocenters. The first-order valence-corrected chi connectivity index (χ1v) is 10.7. The summed E-state index contributed by atoms with van der Waals surface area (Å²) < 4.78 is 0. The van der Waals surface area contributed by atoms with Gasteiger partial charge in [-0.3, -0.25) is 4.79 Å². The van der Waals surface area contributed by atoms with E-state index in [4.69, 9.17) is 21.8 Å². The van der Waals surface area contributed by atoms with Crippen molar-refractivity contribution in [3.05, 3.63) is 107 Å². The number of Topliss-reactive ketones (excluding diaryl/α,β-unsaturated/α-hetero) is 1. The number of aliphatic hydroxyl groups is 3. The summed E-state index contributed by atoms with van der Waals surface area (Å²) in [5.74, 6) is 5.31. The molecule has 0 aliphatic rings. The molecule has 8 heteroatoms. The number of hydrogen-bond donors (Lipinski definition) is 6. The van der Waals surface area contributed by atoms with Gasteiger partial charge >= 0.3 is 0 Å². The predicted octanol–water partition coefficient (Wildman–Crippen LogP) is 2.36. The van der Waals surface area contributed by atoms with Gasteiger partial charge in [-0.25, -0.2) is 11.4 Å². The third-order valence-corrected chi connectivity index (χ3v) is 4.69. The molecule has 0 heterocycles. The maximum Gasteiger partial charge on any atom is 0.160 e. The summed E-state index contributed by atoms with van der Waals surface area (Å²) in [4.78, 5) is 11.1. The van der Waals surface area contributed by atoms with Gasteiger partial charge in [0, 0.05) is 17.6 Å². The van der Waals surface area contributed by atoms with Crippen molar-refractivity contribution >= 4 is 11.6 Å². The van der Waals surface area contributed by atoms with Crippen LogP contribution in [0.1, 0.15) is 48.6 Å². The zero-order chi connectivity index (χ0) is 25.5. The van der Waals surface area contributed by atoms with Crippen LogP contribution in [0, 0.1) is 0 Å². The molecule has 0 aliphatic carbocycles. The second-order valence-corrected chi connectivity index (χ2v) is 7.39. The standard InChI is InChI=1S/C15H18N4O2.C11H16O2/c16-15(18-19-17)13-3-1-2-12(8-13)14(21)11-6-4-10(9-20)5-7-11;1-4-11(13)10(8-12)7-5-6-9(2)3/h1-8,14,19-21H,9,17H2,(H2,16,18);5-7,12H,2,4,8H2,1,3H3/b;6-5-,10-7+. The highest BCUT2D eigenvalue weighted by atomic mass is 16.3. The molecule has 34 heavy (non-hydrogen) atoms. The van der Waals surface area contributed by atoms with E-state index in [9.17, 15) is 9.90 Å². The molecule has 8 nitrogen and oxygen atoms in total. The van der Waals surface area contributed by atoms with Crippen molar-refractivity contribution in [3.8, 4) is 0 Å². The van der Waals surface area contributed by atoms with E-state index in [1.54, 1.807) is 73.7 Å². The summed E-state index contributed by atoms with van der Waals surface area (Å²) in [6.07, 6.45) is 4.78. The third kappa shape index (κ3) is 9.51. The summed E-state index contributed by atoms with van der Waals surface area (Å²) in [5, 5.41) is 32.0. The lowest BCUT2D eigenvalue weighted by molar-refractivity contribution is -0.115. The second-order valence-electron chi connectivity index (χ2n) is 7.39. The Morgan fingerprint density at radius 2 is 1.85 bits per heavy atom. The lowest BCUT2D eigenvalue weighted by atomic mass is 9.98. The fourth-order valence-electron chi connectivity index (χ4n) is 2.79. The molecule has 0 bridgehead atoms. The Morgan fingerprint density at radius 3 is 2.38 bits per heavy atom. The van der Waals surface area contributed by atoms with Crippen LogP contribution in [-0.4, -0.2) is 33.5 Å². The van der Waals surface area contributed by atoms with Crippen molar-refractivity contribution in [3.63, 3.8) is 0 Å². The minimum absolute atomic E-state index is 0.0196. The molecule has 0 saturated carbocycles. The molecule has 8 N–H and O–H groups in total. The molecule has 0 aromatic heterocycles. The number of hydrazone groups is 1. The van der Waals surface area contributed by atoms with Crippen LogP contribution in [0.15, 0.2) is 89.6 Å². The zero-order valence-electron chi connectivity index (χ0n) is 19.6. The van der Waals surface area contributed by atoms with Crippen LogP contribution in [0.5, 0.6) is 0 Å². The Balaban J connectivity index is 0.000000385. The number of nitrogens with two attached hydrogens (primary N) is 2. The van der Waals surface area contributed by atoms with Crippen LogP contribution in [-0.2, 0) is 11.4 Å². The number of hydrogen-bond acceptors (Lipinski definition) is 7. The number of hydrazine groups is 1. The van der Waals surface area contributed by atoms with Gasteiger partial charge in [0.05, 0.1) is 13.2 Å². The van der Waals surface area contributed by atoms with E-state index >= 15 is 0 Å². The number of rotatable bonds is 10. The molecule has 2 aromatic rings. The van der Waals surface area contributed by atoms with Crippen molar-refractivity contribution in [2.24, 2.45) is 16.7 Å². The van der Waals surface area contributed by atoms with Gasteiger partial charge in [0.1, 0.15) is 6.10 Å². The van der Waals surface area contributed by atoms with Crippen molar-refractivity contribution in [1.82, 2.24) is 5.53 Å². The molecular weight excluding hydrogens is 432 g/mol. The number of carbonyl (C=O) groups is 1. The molecule has 0 aliphatic heterocycles. The maximum absolute atomic E-state index is 11.1. The topological polar surface area (TPSA) is 154 Å². The van der Waals surface area contributed by atoms with E-state index in [1.165, 1.54) is 0 Å². The lowest BCUT2D eigenvalue weighted by Crippen LogP contribution is -2.23. The summed E-state index contributed by atoms with van der Waals surface area (Å²) in [6, 6.07) is 14.2. The Morgan fingerprint density at radius 1 is 1.18 bits per heavy atom. The summed E-state index contributed by atoms with van der Waals surface area (Å²) in [7, 11) is 0. The van der Waals surface area contributed by atoms with Gasteiger partial charge < -0.3 is 21.1 Å². The largest absolute Gasteiger partial charge is 0.392 e. The Labute approximate surface area is 200 Å². The number of amidine groups is 1. The summed E-state index contributed by atoms with van der Waals surface area (Å²) in [5.41, 5.74) is 12.1. The fourth-order valence-corrected chi connectivity index (χ4v) is 2.79. The molecule has 0 saturated heterocycles. The quantitative estimate of drug-likeness (QED) is 0.0784. The Hall–Kier alpha value is -3.56. The predicted molar refractivity (Wildman–Crippen MR) is 135 cm³/mol. The number of ketones is 1. The lowest BCUT2D eigenvalue weighted by Gasteiger charge is -2.13. The Bertz CT molecular complexity index is 1030. The fraction of sp³-hybridized carbons (Fsp3) is 0.231. The average molecular weight is 467 g/mol. The molecule has 0 fully saturated rings. The minimum atomic E-state index is -0.781. The van der Waals surface area contributed by atoms with E-state index in [2.05, 4.69) is 17.2 Å². The third-order valence-electron chi connectivity index (χ3n) is 4.69. The first-order chi connectivity index (χ1) is 16.3. The van der Waals surface area contributed by atoms with Gasteiger partial charge in [0.25, 0.3) is 0 Å². The second kappa shape index (κ2) is 15.3. The van der Waals surface area contributed by atoms with Crippen molar-refractivity contribution in [1.29, 1.82) is 0 Å². The number of allylic oxidation sites excluding steroid dienone is 4. The van der Waals surface area contributed by atoms with Crippen molar-refractivity contribution in [2.45, 2.75) is 33.0 Å². The van der Waals surface area contributed by atoms with Gasteiger partial charge in [0.15, 0.2) is 11.6 Å². The van der Waals surface area contributed by atoms with Crippen LogP contribution in [0.4, 0.5) is 0 Å². The number of nitrogens with zero attached hydrogens (tertiary/aromatic N) is 1. The van der Waals surface area contributed by atoms with E-state index in [0.717, 1.165) is 16.7 Å². The van der Waals surface area contributed by atoms with Gasteiger partial charge in [0.2, 0.25) is 0 Å². The van der Waals surface area contributed by atoms with Crippen LogP contribution in [0.2, 0.25) is 0 Å². The van der Waals surface area contributed by atoms with Crippen LogP contribution in [0.25, 0.3) is 0 Å². The van der Waals surface area contributed by atoms with Gasteiger partial charge in [-0.05, 0) is 29.7 Å². The molecular formula is C26H34N4O4. The molecule has 0 spiro atoms.